The first-order valence-electron chi connectivity index (χ1n) is 10.2. The van der Waals surface area contributed by atoms with Gasteiger partial charge in [-0.2, -0.15) is 0 Å². The van der Waals surface area contributed by atoms with Gasteiger partial charge in [0.1, 0.15) is 5.82 Å². The number of allylic oxidation sites excluding steroid dienone is 2. The summed E-state index contributed by atoms with van der Waals surface area (Å²) >= 11 is 0. The summed E-state index contributed by atoms with van der Waals surface area (Å²) in [5, 5.41) is 3.26. The molecule has 2 aliphatic rings. The van der Waals surface area contributed by atoms with E-state index < -0.39 is 17.7 Å². The fraction of sp³-hybridized carbons (Fsp3) is 0.478. The highest BCUT2D eigenvalue weighted by Gasteiger charge is 2.44. The van der Waals surface area contributed by atoms with Gasteiger partial charge in [0, 0.05) is 29.8 Å². The van der Waals surface area contributed by atoms with E-state index in [0.29, 0.717) is 43.0 Å². The predicted octanol–water partition coefficient (Wildman–Crippen LogP) is 2.95. The van der Waals surface area contributed by atoms with Crippen LogP contribution in [0.2, 0.25) is 0 Å². The molecule has 1 aromatic carbocycles. The number of rotatable bonds is 7. The molecule has 3 rings (SSSR count). The third-order valence-electron chi connectivity index (χ3n) is 5.34. The fourth-order valence-corrected chi connectivity index (χ4v) is 4.19. The molecule has 1 aromatic rings. The van der Waals surface area contributed by atoms with E-state index in [4.69, 9.17) is 15.2 Å². The van der Waals surface area contributed by atoms with Crippen LogP contribution < -0.4 is 11.1 Å². The van der Waals surface area contributed by atoms with Gasteiger partial charge < -0.3 is 20.5 Å². The van der Waals surface area contributed by atoms with Crippen LogP contribution in [0.3, 0.4) is 0 Å². The van der Waals surface area contributed by atoms with E-state index in [1.165, 1.54) is 6.07 Å². The minimum atomic E-state index is -0.846. The Morgan fingerprint density at radius 3 is 2.70 bits per heavy atom. The number of esters is 1. The Labute approximate surface area is 176 Å². The molecule has 1 unspecified atom stereocenters. The monoisotopic (exact) mass is 416 g/mol. The van der Waals surface area contributed by atoms with Crippen LogP contribution in [0.25, 0.3) is 0 Å². The predicted molar refractivity (Wildman–Crippen MR) is 111 cm³/mol. The minimum Gasteiger partial charge on any atom is -0.463 e. The summed E-state index contributed by atoms with van der Waals surface area (Å²) in [5.74, 6) is -2.00. The Bertz CT molecular complexity index is 904. The lowest BCUT2D eigenvalue weighted by Crippen LogP contribution is -2.40. The summed E-state index contributed by atoms with van der Waals surface area (Å²) in [6.07, 6.45) is 0.934. The number of hydrogen-bond acceptors (Lipinski definition) is 6. The van der Waals surface area contributed by atoms with Crippen LogP contribution in [-0.2, 0) is 19.1 Å². The highest BCUT2D eigenvalue weighted by Crippen LogP contribution is 2.47. The standard InChI is InChI=1S/C23H29FN2O4/c1-4-30-22(28)21-17(13-29-10-9-25)26-16-11-23(2,3)12-18(27)20(16)19(21)14-7-5-6-8-15(14)24/h5-8,19,26H,4,9-13,25H2,1-3H3. The summed E-state index contributed by atoms with van der Waals surface area (Å²) in [7, 11) is 0. The highest BCUT2D eigenvalue weighted by atomic mass is 19.1. The van der Waals surface area contributed by atoms with Crippen LogP contribution in [0.4, 0.5) is 4.39 Å². The largest absolute Gasteiger partial charge is 0.463 e. The molecule has 0 amide bonds. The van der Waals surface area contributed by atoms with Crippen molar-refractivity contribution in [2.24, 2.45) is 11.1 Å². The number of carbonyl (C=O) groups is 2. The quantitative estimate of drug-likeness (QED) is 0.525. The van der Waals surface area contributed by atoms with Crippen LogP contribution in [0.5, 0.6) is 0 Å². The first-order chi connectivity index (χ1) is 14.3. The summed E-state index contributed by atoms with van der Waals surface area (Å²) in [6.45, 7) is 6.63. The lowest BCUT2D eigenvalue weighted by molar-refractivity contribution is -0.139. The van der Waals surface area contributed by atoms with Crippen molar-refractivity contribution < 1.29 is 23.5 Å². The Balaban J connectivity index is 2.19. The summed E-state index contributed by atoms with van der Waals surface area (Å²) < 4.78 is 25.8. The van der Waals surface area contributed by atoms with E-state index in [-0.39, 0.29) is 35.5 Å². The van der Waals surface area contributed by atoms with E-state index >= 15 is 0 Å². The number of benzene rings is 1. The van der Waals surface area contributed by atoms with E-state index in [1.54, 1.807) is 25.1 Å². The molecule has 3 N–H and O–H groups in total. The Morgan fingerprint density at radius 1 is 1.30 bits per heavy atom. The average molecular weight is 416 g/mol. The number of ketones is 1. The zero-order valence-electron chi connectivity index (χ0n) is 17.7. The maximum Gasteiger partial charge on any atom is 0.336 e. The molecule has 0 aromatic heterocycles. The first kappa shape index (κ1) is 22.2. The SMILES string of the molecule is CCOC(=O)C1=C(COCCN)NC2=C(C(=O)CC(C)(C)C2)C1c1ccccc1F. The number of carbonyl (C=O) groups excluding carboxylic acids is 2. The lowest BCUT2D eigenvalue weighted by Gasteiger charge is -2.40. The molecule has 1 heterocycles. The zero-order chi connectivity index (χ0) is 21.9. The number of ether oxygens (including phenoxy) is 2. The van der Waals surface area contributed by atoms with Gasteiger partial charge in [-0.05, 0) is 24.8 Å². The Hall–Kier alpha value is -2.51. The van der Waals surface area contributed by atoms with Gasteiger partial charge in [0.2, 0.25) is 0 Å². The molecule has 0 radical (unpaired) electrons. The Morgan fingerprint density at radius 2 is 2.03 bits per heavy atom. The van der Waals surface area contributed by atoms with Crippen molar-refractivity contribution in [3.8, 4) is 0 Å². The van der Waals surface area contributed by atoms with Crippen molar-refractivity contribution in [3.05, 3.63) is 58.2 Å². The number of nitrogens with one attached hydrogen (secondary N) is 1. The second kappa shape index (κ2) is 9.10. The molecule has 0 saturated carbocycles. The molecule has 1 atom stereocenters. The van der Waals surface area contributed by atoms with Gasteiger partial charge in [-0.1, -0.05) is 32.0 Å². The average Bonchev–Trinajstić information content (AvgIpc) is 2.66. The molecule has 0 spiro atoms. The van der Waals surface area contributed by atoms with Crippen LogP contribution >= 0.6 is 0 Å². The van der Waals surface area contributed by atoms with Gasteiger partial charge in [-0.15, -0.1) is 0 Å². The second-order valence-electron chi connectivity index (χ2n) is 8.37. The lowest BCUT2D eigenvalue weighted by atomic mass is 9.68. The topological polar surface area (TPSA) is 90.7 Å². The Kier molecular flexibility index (Phi) is 6.73. The van der Waals surface area contributed by atoms with E-state index in [9.17, 15) is 14.0 Å². The van der Waals surface area contributed by atoms with Crippen molar-refractivity contribution in [3.63, 3.8) is 0 Å². The number of hydrogen-bond donors (Lipinski definition) is 2. The van der Waals surface area contributed by atoms with Gasteiger partial charge in [0.15, 0.2) is 5.78 Å². The van der Waals surface area contributed by atoms with Crippen molar-refractivity contribution in [1.82, 2.24) is 5.32 Å². The molecule has 1 aliphatic carbocycles. The molecular formula is C23H29FN2O4. The molecule has 0 saturated heterocycles. The van der Waals surface area contributed by atoms with Crippen LogP contribution in [0, 0.1) is 11.2 Å². The second-order valence-corrected chi connectivity index (χ2v) is 8.37. The van der Waals surface area contributed by atoms with Crippen molar-refractivity contribution in [2.75, 3.05) is 26.4 Å². The van der Waals surface area contributed by atoms with Crippen molar-refractivity contribution >= 4 is 11.8 Å². The number of dihydropyridines is 1. The number of halogens is 1. The van der Waals surface area contributed by atoms with E-state index in [2.05, 4.69) is 5.32 Å². The molecule has 162 valence electrons. The number of Topliss-reactive ketones (excluding diaryl/α,β-unsaturated/α-hetero) is 1. The molecule has 30 heavy (non-hydrogen) atoms. The summed E-state index contributed by atoms with van der Waals surface area (Å²) in [4.78, 5) is 26.2. The third-order valence-corrected chi connectivity index (χ3v) is 5.34. The minimum absolute atomic E-state index is 0.0850. The molecule has 0 fully saturated rings. The smallest absolute Gasteiger partial charge is 0.336 e. The van der Waals surface area contributed by atoms with E-state index in [0.717, 1.165) is 0 Å². The maximum atomic E-state index is 14.9. The van der Waals surface area contributed by atoms with Gasteiger partial charge in [-0.25, -0.2) is 9.18 Å². The fourth-order valence-electron chi connectivity index (χ4n) is 4.19. The van der Waals surface area contributed by atoms with Crippen molar-refractivity contribution in [1.29, 1.82) is 0 Å². The van der Waals surface area contributed by atoms with Gasteiger partial charge in [-0.3, -0.25) is 4.79 Å². The van der Waals surface area contributed by atoms with Crippen LogP contribution in [0.1, 0.15) is 45.1 Å². The van der Waals surface area contributed by atoms with Crippen molar-refractivity contribution in [2.45, 2.75) is 39.5 Å². The molecule has 1 aliphatic heterocycles. The molecule has 0 bridgehead atoms. The maximum absolute atomic E-state index is 14.9. The van der Waals surface area contributed by atoms with Gasteiger partial charge in [0.05, 0.1) is 37.0 Å². The van der Waals surface area contributed by atoms with E-state index in [1.807, 2.05) is 13.8 Å². The van der Waals surface area contributed by atoms with Gasteiger partial charge in [0.25, 0.3) is 0 Å². The summed E-state index contributed by atoms with van der Waals surface area (Å²) in [5.41, 5.74) is 7.41. The molecule has 7 heteroatoms. The van der Waals surface area contributed by atoms with Gasteiger partial charge >= 0.3 is 5.97 Å². The molecule has 6 nitrogen and oxygen atoms in total. The summed E-state index contributed by atoms with van der Waals surface area (Å²) in [6, 6.07) is 6.23. The third kappa shape index (κ3) is 4.47. The number of nitrogens with two attached hydrogens (primary N) is 1. The highest BCUT2D eigenvalue weighted by molar-refractivity contribution is 6.04. The molecular weight excluding hydrogens is 387 g/mol. The zero-order valence-corrected chi connectivity index (χ0v) is 17.7. The van der Waals surface area contributed by atoms with Crippen LogP contribution in [0.15, 0.2) is 46.8 Å². The first-order valence-corrected chi connectivity index (χ1v) is 10.2. The normalized spacial score (nSPS) is 20.7. The van der Waals surface area contributed by atoms with Crippen LogP contribution in [-0.4, -0.2) is 38.1 Å².